The van der Waals surface area contributed by atoms with Gasteiger partial charge in [-0.15, -0.1) is 0 Å². The molecule has 0 atom stereocenters. The number of pyridine rings is 1. The Labute approximate surface area is 161 Å². The van der Waals surface area contributed by atoms with E-state index in [2.05, 4.69) is 44.6 Å². The van der Waals surface area contributed by atoms with Crippen molar-refractivity contribution < 1.29 is 9.49 Å². The molecule has 0 radical (unpaired) electrons. The molecule has 0 unspecified atom stereocenters. The fourth-order valence-electron chi connectivity index (χ4n) is 4.09. The summed E-state index contributed by atoms with van der Waals surface area (Å²) in [5.74, 6) is 0. The molecular formula is C20H32N5O2+. The molecule has 3 rings (SSSR count). The normalized spacial score (nSPS) is 29.1. The van der Waals surface area contributed by atoms with Crippen LogP contribution in [0.3, 0.4) is 0 Å². The lowest BCUT2D eigenvalue weighted by Gasteiger charge is -2.27. The van der Waals surface area contributed by atoms with Gasteiger partial charge in [-0.25, -0.2) is 4.57 Å². The molecule has 1 aromatic heterocycles. The third-order valence-corrected chi connectivity index (χ3v) is 5.95. The van der Waals surface area contributed by atoms with Gasteiger partial charge >= 0.3 is 0 Å². The highest BCUT2D eigenvalue weighted by Crippen LogP contribution is 2.26. The first-order chi connectivity index (χ1) is 13.1. The quantitative estimate of drug-likeness (QED) is 0.345. The SMILES string of the molecule is C[n+]1ccc(CCNC2CCC(N=NC3CCC([N+](=O)[O-])CC3)CC2)cc1. The first-order valence-corrected chi connectivity index (χ1v) is 10.3. The molecule has 0 aromatic carbocycles. The van der Waals surface area contributed by atoms with Crippen LogP contribution in [0.1, 0.15) is 56.9 Å². The van der Waals surface area contributed by atoms with Crippen molar-refractivity contribution in [3.63, 3.8) is 0 Å². The lowest BCUT2D eigenvalue weighted by Crippen LogP contribution is -2.35. The summed E-state index contributed by atoms with van der Waals surface area (Å²) in [7, 11) is 2.04. The largest absolute Gasteiger partial charge is 0.314 e. The second-order valence-corrected chi connectivity index (χ2v) is 8.06. The van der Waals surface area contributed by atoms with E-state index in [9.17, 15) is 10.1 Å². The highest BCUT2D eigenvalue weighted by atomic mass is 16.6. The third-order valence-electron chi connectivity index (χ3n) is 5.95. The van der Waals surface area contributed by atoms with E-state index in [1.54, 1.807) is 0 Å². The maximum atomic E-state index is 10.8. The van der Waals surface area contributed by atoms with E-state index in [1.807, 2.05) is 7.05 Å². The van der Waals surface area contributed by atoms with E-state index in [1.165, 1.54) is 5.56 Å². The Balaban J connectivity index is 1.31. The number of nitrogens with zero attached hydrogens (tertiary/aromatic N) is 4. The monoisotopic (exact) mass is 374 g/mol. The average molecular weight is 375 g/mol. The number of nitro groups is 1. The van der Waals surface area contributed by atoms with Gasteiger partial charge in [0.15, 0.2) is 12.4 Å². The molecule has 0 amide bonds. The highest BCUT2D eigenvalue weighted by molar-refractivity contribution is 5.07. The van der Waals surface area contributed by atoms with Crippen LogP contribution in [0.25, 0.3) is 0 Å². The summed E-state index contributed by atoms with van der Waals surface area (Å²) in [4.78, 5) is 10.7. The topological polar surface area (TPSA) is 83.8 Å². The molecule has 148 valence electrons. The van der Waals surface area contributed by atoms with Crippen molar-refractivity contribution in [2.75, 3.05) is 6.54 Å². The molecule has 7 heteroatoms. The van der Waals surface area contributed by atoms with Crippen LogP contribution < -0.4 is 9.88 Å². The molecule has 1 aromatic rings. The molecule has 0 bridgehead atoms. The molecule has 7 nitrogen and oxygen atoms in total. The molecule has 1 N–H and O–H groups in total. The van der Waals surface area contributed by atoms with Crippen molar-refractivity contribution in [3.8, 4) is 0 Å². The molecule has 2 fully saturated rings. The summed E-state index contributed by atoms with van der Waals surface area (Å²) in [6.45, 7) is 1.02. The van der Waals surface area contributed by atoms with E-state index in [0.29, 0.717) is 24.9 Å². The van der Waals surface area contributed by atoms with Crippen molar-refractivity contribution in [2.24, 2.45) is 17.3 Å². The van der Waals surface area contributed by atoms with E-state index in [4.69, 9.17) is 0 Å². The second-order valence-electron chi connectivity index (χ2n) is 8.06. The van der Waals surface area contributed by atoms with E-state index >= 15 is 0 Å². The number of hydrogen-bond acceptors (Lipinski definition) is 5. The van der Waals surface area contributed by atoms with Crippen molar-refractivity contribution in [2.45, 2.75) is 82.0 Å². The minimum absolute atomic E-state index is 0.139. The summed E-state index contributed by atoms with van der Waals surface area (Å²) in [6.07, 6.45) is 12.6. The zero-order valence-electron chi connectivity index (χ0n) is 16.3. The maximum Gasteiger partial charge on any atom is 0.213 e. The van der Waals surface area contributed by atoms with Gasteiger partial charge in [0.25, 0.3) is 0 Å². The molecular weight excluding hydrogens is 342 g/mol. The van der Waals surface area contributed by atoms with Crippen LogP contribution >= 0.6 is 0 Å². The first-order valence-electron chi connectivity index (χ1n) is 10.3. The number of rotatable bonds is 7. The summed E-state index contributed by atoms with van der Waals surface area (Å²) in [5, 5.41) is 23.6. The van der Waals surface area contributed by atoms with Crippen molar-refractivity contribution in [3.05, 3.63) is 40.2 Å². The zero-order valence-corrected chi connectivity index (χ0v) is 16.3. The van der Waals surface area contributed by atoms with Gasteiger partial charge in [0, 0.05) is 35.9 Å². The van der Waals surface area contributed by atoms with Gasteiger partial charge in [0.1, 0.15) is 7.05 Å². The van der Waals surface area contributed by atoms with Crippen LogP contribution in [-0.2, 0) is 13.5 Å². The van der Waals surface area contributed by atoms with Crippen LogP contribution in [0, 0.1) is 10.1 Å². The van der Waals surface area contributed by atoms with Crippen LogP contribution in [0.5, 0.6) is 0 Å². The number of nitrogens with one attached hydrogen (secondary N) is 1. The standard InChI is InChI=1S/C20H32N5O2/c1-24-14-11-16(12-15-24)10-13-21-17-2-4-18(5-3-17)22-23-19-6-8-20(9-7-19)25(26)27/h11-12,14-15,17-21H,2-10,13H2,1H3/q+1. The Morgan fingerprint density at radius 3 is 2.15 bits per heavy atom. The van der Waals surface area contributed by atoms with Crippen LogP contribution in [0.4, 0.5) is 0 Å². The molecule has 0 spiro atoms. The zero-order chi connectivity index (χ0) is 19.1. The summed E-state index contributed by atoms with van der Waals surface area (Å²) >= 11 is 0. The van der Waals surface area contributed by atoms with E-state index < -0.39 is 0 Å². The summed E-state index contributed by atoms with van der Waals surface area (Å²) in [5.41, 5.74) is 1.37. The maximum absolute atomic E-state index is 10.8. The summed E-state index contributed by atoms with van der Waals surface area (Å²) < 4.78 is 2.06. The average Bonchev–Trinajstić information content (AvgIpc) is 2.69. The lowest BCUT2D eigenvalue weighted by molar-refractivity contribution is -0.671. The molecule has 1 heterocycles. The van der Waals surface area contributed by atoms with Crippen molar-refractivity contribution in [1.29, 1.82) is 0 Å². The Morgan fingerprint density at radius 1 is 1.04 bits per heavy atom. The molecule has 2 aliphatic rings. The van der Waals surface area contributed by atoms with Gasteiger partial charge in [-0.1, -0.05) is 0 Å². The minimum Gasteiger partial charge on any atom is -0.314 e. The van der Waals surface area contributed by atoms with Gasteiger partial charge in [-0.05, 0) is 57.1 Å². The lowest BCUT2D eigenvalue weighted by atomic mass is 9.91. The fraction of sp³-hybridized carbons (Fsp3) is 0.750. The van der Waals surface area contributed by atoms with Gasteiger partial charge in [-0.3, -0.25) is 10.1 Å². The Kier molecular flexibility index (Phi) is 7.26. The molecule has 2 aliphatic carbocycles. The third kappa shape index (κ3) is 6.34. The smallest absolute Gasteiger partial charge is 0.213 e. The van der Waals surface area contributed by atoms with Crippen LogP contribution in [0.15, 0.2) is 34.8 Å². The van der Waals surface area contributed by atoms with E-state index in [-0.39, 0.29) is 17.0 Å². The number of azo groups is 1. The molecule has 0 saturated heterocycles. The predicted molar refractivity (Wildman–Crippen MR) is 103 cm³/mol. The van der Waals surface area contributed by atoms with Crippen molar-refractivity contribution in [1.82, 2.24) is 5.32 Å². The van der Waals surface area contributed by atoms with E-state index in [0.717, 1.165) is 51.5 Å². The van der Waals surface area contributed by atoms with Crippen molar-refractivity contribution >= 4 is 0 Å². The minimum atomic E-state index is -0.364. The Bertz CT molecular complexity index is 618. The molecule has 27 heavy (non-hydrogen) atoms. The van der Waals surface area contributed by atoms with Gasteiger partial charge in [0.05, 0.1) is 12.1 Å². The van der Waals surface area contributed by atoms with Crippen LogP contribution in [0.2, 0.25) is 0 Å². The molecule has 2 saturated carbocycles. The second kappa shape index (κ2) is 9.88. The number of aryl methyl sites for hydroxylation is 1. The Hall–Kier alpha value is -1.89. The number of hydrogen-bond donors (Lipinski definition) is 1. The van der Waals surface area contributed by atoms with Crippen LogP contribution in [-0.4, -0.2) is 35.6 Å². The summed E-state index contributed by atoms with van der Waals surface area (Å²) in [6, 6.07) is 5.12. The fourth-order valence-corrected chi connectivity index (χ4v) is 4.09. The number of aromatic nitrogens is 1. The first kappa shape index (κ1) is 19.9. The van der Waals surface area contributed by atoms with Gasteiger partial charge in [0.2, 0.25) is 6.04 Å². The van der Waals surface area contributed by atoms with Gasteiger partial charge in [-0.2, -0.15) is 10.2 Å². The predicted octanol–water partition coefficient (Wildman–Crippen LogP) is 2.99. The molecule has 0 aliphatic heterocycles. The van der Waals surface area contributed by atoms with Gasteiger partial charge < -0.3 is 5.32 Å². The Morgan fingerprint density at radius 2 is 1.59 bits per heavy atom. The highest BCUT2D eigenvalue weighted by Gasteiger charge is 2.28.